The number of hydrogen-bond donors (Lipinski definition) is 1. The highest BCUT2D eigenvalue weighted by Crippen LogP contribution is 2.18. The quantitative estimate of drug-likeness (QED) is 0.421. The van der Waals surface area contributed by atoms with Gasteiger partial charge in [0.2, 0.25) is 0 Å². The predicted octanol–water partition coefficient (Wildman–Crippen LogP) is 3.28. The van der Waals surface area contributed by atoms with Crippen molar-refractivity contribution in [2.75, 3.05) is 25.6 Å². The van der Waals surface area contributed by atoms with Crippen LogP contribution in [0.15, 0.2) is 58.1 Å². The summed E-state index contributed by atoms with van der Waals surface area (Å²) in [5.41, 5.74) is 0.385. The zero-order valence-electron chi connectivity index (χ0n) is 15.8. The van der Waals surface area contributed by atoms with E-state index in [1.807, 2.05) is 6.07 Å². The molecule has 3 aromatic rings. The topological polar surface area (TPSA) is 95.6 Å². The van der Waals surface area contributed by atoms with E-state index in [1.165, 1.54) is 13.3 Å². The molecule has 2 heterocycles. The van der Waals surface area contributed by atoms with E-state index in [2.05, 4.69) is 10.4 Å². The average molecular weight is 418 g/mol. The Bertz CT molecular complexity index is 1020. The van der Waals surface area contributed by atoms with Crippen LogP contribution in [0.4, 0.5) is 5.69 Å². The van der Waals surface area contributed by atoms with Crippen LogP contribution in [0.1, 0.15) is 22.5 Å². The lowest BCUT2D eigenvalue weighted by Crippen LogP contribution is -2.25. The van der Waals surface area contributed by atoms with Crippen molar-refractivity contribution in [1.29, 1.82) is 0 Å². The third-order valence-electron chi connectivity index (χ3n) is 4.06. The lowest BCUT2D eigenvalue weighted by molar-refractivity contribution is 0.0600. The third-order valence-corrected chi connectivity index (χ3v) is 4.43. The number of benzene rings is 1. The average Bonchev–Trinajstić information content (AvgIpc) is 3.26. The van der Waals surface area contributed by atoms with Crippen LogP contribution in [0.2, 0.25) is 5.02 Å². The molecule has 1 aromatic carbocycles. The van der Waals surface area contributed by atoms with Crippen LogP contribution in [0.5, 0.6) is 0 Å². The number of furan rings is 1. The van der Waals surface area contributed by atoms with Crippen molar-refractivity contribution in [3.05, 3.63) is 75.6 Å². The Balaban J connectivity index is 1.63. The van der Waals surface area contributed by atoms with Crippen molar-refractivity contribution in [2.24, 2.45) is 0 Å². The first-order valence-electron chi connectivity index (χ1n) is 8.91. The number of para-hydroxylation sites is 1. The fraction of sp³-hybridized carbons (Fsp3) is 0.250. The fourth-order valence-corrected chi connectivity index (χ4v) is 2.83. The van der Waals surface area contributed by atoms with Gasteiger partial charge in [-0.3, -0.25) is 4.79 Å². The summed E-state index contributed by atoms with van der Waals surface area (Å²) in [6.45, 7) is 1.47. The molecular weight excluding hydrogens is 398 g/mol. The summed E-state index contributed by atoms with van der Waals surface area (Å²) in [6, 6.07) is 10.2. The van der Waals surface area contributed by atoms with Crippen LogP contribution < -0.4 is 10.9 Å². The lowest BCUT2D eigenvalue weighted by atomic mass is 10.2. The molecule has 0 aliphatic carbocycles. The molecule has 9 heteroatoms. The van der Waals surface area contributed by atoms with Crippen LogP contribution in [0, 0.1) is 0 Å². The number of ether oxygens (including phenoxy) is 2. The molecule has 8 nitrogen and oxygen atoms in total. The maximum Gasteiger partial charge on any atom is 0.340 e. The SMILES string of the molecule is COC(=O)c1ccccc1-n1ncc(NCCCOCc2ccco2)c(Cl)c1=O. The van der Waals surface area contributed by atoms with Gasteiger partial charge in [0.25, 0.3) is 5.56 Å². The lowest BCUT2D eigenvalue weighted by Gasteiger charge is -2.12. The molecule has 0 spiro atoms. The second-order valence-corrected chi connectivity index (χ2v) is 6.39. The molecule has 3 rings (SSSR count). The van der Waals surface area contributed by atoms with Gasteiger partial charge in [-0.2, -0.15) is 9.78 Å². The highest BCUT2D eigenvalue weighted by molar-refractivity contribution is 6.32. The van der Waals surface area contributed by atoms with E-state index in [9.17, 15) is 9.59 Å². The molecule has 0 amide bonds. The molecular formula is C20H20ClN3O5. The van der Waals surface area contributed by atoms with Gasteiger partial charge in [-0.15, -0.1) is 0 Å². The molecule has 1 N–H and O–H groups in total. The highest BCUT2D eigenvalue weighted by Gasteiger charge is 2.17. The summed E-state index contributed by atoms with van der Waals surface area (Å²) in [6.07, 6.45) is 3.74. The number of halogens is 1. The number of nitrogens with one attached hydrogen (secondary N) is 1. The number of anilines is 1. The number of aromatic nitrogens is 2. The Hall–Kier alpha value is -3.10. The van der Waals surface area contributed by atoms with Crippen molar-refractivity contribution in [3.63, 3.8) is 0 Å². The summed E-state index contributed by atoms with van der Waals surface area (Å²) in [5, 5.41) is 7.20. The molecule has 0 fully saturated rings. The summed E-state index contributed by atoms with van der Waals surface area (Å²) < 4.78 is 16.5. The predicted molar refractivity (Wildman–Crippen MR) is 108 cm³/mol. The molecule has 0 aliphatic rings. The van der Waals surface area contributed by atoms with Crippen LogP contribution in [0.25, 0.3) is 5.69 Å². The first-order valence-corrected chi connectivity index (χ1v) is 9.29. The molecule has 29 heavy (non-hydrogen) atoms. The van der Waals surface area contributed by atoms with Gasteiger partial charge in [0.1, 0.15) is 17.4 Å². The third kappa shape index (κ3) is 5.04. The fourth-order valence-electron chi connectivity index (χ4n) is 2.63. The van der Waals surface area contributed by atoms with E-state index in [0.29, 0.717) is 37.6 Å². The van der Waals surface area contributed by atoms with Gasteiger partial charge in [0.15, 0.2) is 0 Å². The number of hydrogen-bond acceptors (Lipinski definition) is 7. The van der Waals surface area contributed by atoms with Crippen molar-refractivity contribution in [2.45, 2.75) is 13.0 Å². The number of carbonyl (C=O) groups is 1. The van der Waals surface area contributed by atoms with Gasteiger partial charge < -0.3 is 19.2 Å². The zero-order valence-corrected chi connectivity index (χ0v) is 16.5. The molecule has 0 aliphatic heterocycles. The van der Waals surface area contributed by atoms with E-state index < -0.39 is 11.5 Å². The molecule has 152 valence electrons. The summed E-state index contributed by atoms with van der Waals surface area (Å²) in [4.78, 5) is 24.6. The maximum absolute atomic E-state index is 12.7. The largest absolute Gasteiger partial charge is 0.467 e. The van der Waals surface area contributed by atoms with Gasteiger partial charge in [0, 0.05) is 13.2 Å². The molecule has 0 saturated heterocycles. The van der Waals surface area contributed by atoms with Gasteiger partial charge >= 0.3 is 5.97 Å². The van der Waals surface area contributed by atoms with E-state index in [1.54, 1.807) is 36.6 Å². The van der Waals surface area contributed by atoms with Crippen molar-refractivity contribution in [3.8, 4) is 5.69 Å². The zero-order chi connectivity index (χ0) is 20.6. The van der Waals surface area contributed by atoms with Gasteiger partial charge in [-0.05, 0) is 30.7 Å². The Morgan fingerprint density at radius 1 is 1.28 bits per heavy atom. The molecule has 0 saturated carbocycles. The molecule has 0 atom stereocenters. The normalized spacial score (nSPS) is 10.7. The number of carbonyl (C=O) groups excluding carboxylic acids is 1. The Morgan fingerprint density at radius 3 is 2.86 bits per heavy atom. The number of nitrogens with zero attached hydrogens (tertiary/aromatic N) is 2. The van der Waals surface area contributed by atoms with Crippen molar-refractivity contribution in [1.82, 2.24) is 9.78 Å². The molecule has 2 aromatic heterocycles. The van der Waals surface area contributed by atoms with E-state index in [0.717, 1.165) is 10.4 Å². The minimum absolute atomic E-state index is 0.0174. The minimum Gasteiger partial charge on any atom is -0.467 e. The highest BCUT2D eigenvalue weighted by atomic mass is 35.5. The van der Waals surface area contributed by atoms with Crippen molar-refractivity contribution >= 4 is 23.3 Å². The van der Waals surface area contributed by atoms with Crippen LogP contribution in [0.3, 0.4) is 0 Å². The van der Waals surface area contributed by atoms with Gasteiger partial charge in [-0.1, -0.05) is 23.7 Å². The second-order valence-electron chi connectivity index (χ2n) is 6.01. The van der Waals surface area contributed by atoms with E-state index in [-0.39, 0.29) is 10.6 Å². The molecule has 0 radical (unpaired) electrons. The maximum atomic E-state index is 12.7. The Labute approximate surface area is 172 Å². The number of methoxy groups -OCH3 is 1. The summed E-state index contributed by atoms with van der Waals surface area (Å²) >= 11 is 6.23. The van der Waals surface area contributed by atoms with Crippen LogP contribution in [-0.2, 0) is 16.1 Å². The van der Waals surface area contributed by atoms with E-state index in [4.69, 9.17) is 25.5 Å². The van der Waals surface area contributed by atoms with Gasteiger partial charge in [-0.25, -0.2) is 4.79 Å². The molecule has 0 bridgehead atoms. The summed E-state index contributed by atoms with van der Waals surface area (Å²) in [7, 11) is 1.27. The number of esters is 1. The Kier molecular flexibility index (Phi) is 7.04. The summed E-state index contributed by atoms with van der Waals surface area (Å²) in [5.74, 6) is 0.197. The standard InChI is InChI=1S/C20H20ClN3O5/c1-27-20(26)15-7-2-3-8-17(15)24-19(25)18(21)16(12-23-24)22-9-5-10-28-13-14-6-4-11-29-14/h2-4,6-8,11-12,22H,5,9-10,13H2,1H3. The first kappa shape index (κ1) is 20.6. The molecule has 0 unspecified atom stereocenters. The first-order chi connectivity index (χ1) is 14.1. The monoisotopic (exact) mass is 417 g/mol. The van der Waals surface area contributed by atoms with Crippen molar-refractivity contribution < 1.29 is 18.7 Å². The smallest absolute Gasteiger partial charge is 0.340 e. The van der Waals surface area contributed by atoms with Gasteiger partial charge in [0.05, 0.1) is 36.5 Å². The van der Waals surface area contributed by atoms with Crippen LogP contribution >= 0.6 is 11.6 Å². The Morgan fingerprint density at radius 2 is 2.10 bits per heavy atom. The van der Waals surface area contributed by atoms with Crippen LogP contribution in [-0.4, -0.2) is 36.0 Å². The van der Waals surface area contributed by atoms with E-state index >= 15 is 0 Å². The second kappa shape index (κ2) is 9.90. The number of rotatable bonds is 9. The minimum atomic E-state index is -0.567.